The molecule has 1 unspecified atom stereocenters. The van der Waals surface area contributed by atoms with E-state index in [2.05, 4.69) is 10.3 Å². The Labute approximate surface area is 115 Å². The standard InChI is InChI=1S/C13H16N2O5/c1-19-7-9(4-5-16)14-13-15-10-3-2-8(12(17)18)6-11(10)20-13/h2-3,6,9,16H,4-5,7H2,1H3,(H,14,15)(H,17,18). The van der Waals surface area contributed by atoms with E-state index < -0.39 is 5.97 Å². The van der Waals surface area contributed by atoms with Gasteiger partial charge in [0.05, 0.1) is 18.2 Å². The van der Waals surface area contributed by atoms with E-state index in [0.29, 0.717) is 24.1 Å². The predicted octanol–water partition coefficient (Wildman–Crippen LogP) is 1.34. The first kappa shape index (κ1) is 14.3. The first-order chi connectivity index (χ1) is 9.63. The number of carboxylic acids is 1. The fourth-order valence-electron chi connectivity index (χ4n) is 1.85. The van der Waals surface area contributed by atoms with Crippen molar-refractivity contribution in [1.29, 1.82) is 0 Å². The number of anilines is 1. The minimum atomic E-state index is -1.02. The van der Waals surface area contributed by atoms with Crippen molar-refractivity contribution in [3.05, 3.63) is 23.8 Å². The van der Waals surface area contributed by atoms with Crippen molar-refractivity contribution in [2.24, 2.45) is 0 Å². The highest BCUT2D eigenvalue weighted by Gasteiger charge is 2.13. The summed E-state index contributed by atoms with van der Waals surface area (Å²) in [5.41, 5.74) is 1.11. The Hall–Kier alpha value is -2.12. The van der Waals surface area contributed by atoms with Crippen molar-refractivity contribution in [2.45, 2.75) is 12.5 Å². The van der Waals surface area contributed by atoms with E-state index >= 15 is 0 Å². The van der Waals surface area contributed by atoms with Gasteiger partial charge < -0.3 is 24.7 Å². The normalized spacial score (nSPS) is 12.5. The van der Waals surface area contributed by atoms with Gasteiger partial charge in [0, 0.05) is 13.7 Å². The number of ether oxygens (including phenoxy) is 1. The number of methoxy groups -OCH3 is 1. The molecule has 108 valence electrons. The summed E-state index contributed by atoms with van der Waals surface area (Å²) in [5, 5.41) is 20.9. The number of hydrogen-bond donors (Lipinski definition) is 3. The number of nitrogens with one attached hydrogen (secondary N) is 1. The number of oxazole rings is 1. The Morgan fingerprint density at radius 1 is 1.55 bits per heavy atom. The van der Waals surface area contributed by atoms with Gasteiger partial charge in [-0.1, -0.05) is 0 Å². The summed E-state index contributed by atoms with van der Waals surface area (Å²) in [6.07, 6.45) is 0.493. The number of benzene rings is 1. The highest BCUT2D eigenvalue weighted by atomic mass is 16.5. The second-order valence-electron chi connectivity index (χ2n) is 4.32. The van der Waals surface area contributed by atoms with Crippen LogP contribution in [0.5, 0.6) is 0 Å². The van der Waals surface area contributed by atoms with Crippen molar-refractivity contribution in [3.63, 3.8) is 0 Å². The molecule has 20 heavy (non-hydrogen) atoms. The molecule has 1 heterocycles. The third-order valence-corrected chi connectivity index (χ3v) is 2.81. The molecule has 2 rings (SSSR count). The average molecular weight is 280 g/mol. The molecule has 7 nitrogen and oxygen atoms in total. The van der Waals surface area contributed by atoms with Gasteiger partial charge in [-0.2, -0.15) is 4.98 Å². The number of aliphatic hydroxyl groups excluding tert-OH is 1. The molecular formula is C13H16N2O5. The minimum Gasteiger partial charge on any atom is -0.478 e. The Bertz CT molecular complexity index is 589. The number of aromatic carboxylic acids is 1. The maximum absolute atomic E-state index is 10.9. The van der Waals surface area contributed by atoms with Crippen molar-refractivity contribution in [3.8, 4) is 0 Å². The number of aromatic nitrogens is 1. The number of carbonyl (C=O) groups is 1. The molecule has 0 spiro atoms. The number of aliphatic hydroxyl groups is 1. The number of hydrogen-bond acceptors (Lipinski definition) is 6. The molecule has 0 aliphatic heterocycles. The van der Waals surface area contributed by atoms with Crippen LogP contribution in [0.25, 0.3) is 11.1 Å². The molecule has 1 aromatic carbocycles. The smallest absolute Gasteiger partial charge is 0.335 e. The summed E-state index contributed by atoms with van der Waals surface area (Å²) in [5.74, 6) is -1.02. The molecule has 1 aromatic heterocycles. The van der Waals surface area contributed by atoms with Crippen LogP contribution >= 0.6 is 0 Å². The fourth-order valence-corrected chi connectivity index (χ4v) is 1.85. The lowest BCUT2D eigenvalue weighted by molar-refractivity contribution is 0.0697. The van der Waals surface area contributed by atoms with Crippen LogP contribution in [-0.2, 0) is 4.74 Å². The van der Waals surface area contributed by atoms with Gasteiger partial charge in [-0.25, -0.2) is 4.79 Å². The SMILES string of the molecule is COCC(CCO)Nc1nc2ccc(C(=O)O)cc2o1. The topological polar surface area (TPSA) is 105 Å². The van der Waals surface area contributed by atoms with Gasteiger partial charge >= 0.3 is 5.97 Å². The van der Waals surface area contributed by atoms with Crippen LogP contribution in [0.4, 0.5) is 6.01 Å². The predicted molar refractivity (Wildman–Crippen MR) is 72.0 cm³/mol. The second-order valence-corrected chi connectivity index (χ2v) is 4.32. The van der Waals surface area contributed by atoms with Crippen LogP contribution in [0.1, 0.15) is 16.8 Å². The number of carboxylic acid groups (broad SMARTS) is 1. The van der Waals surface area contributed by atoms with Gasteiger partial charge in [-0.3, -0.25) is 0 Å². The molecule has 0 bridgehead atoms. The molecule has 7 heteroatoms. The highest BCUT2D eigenvalue weighted by molar-refractivity contribution is 5.92. The van der Waals surface area contributed by atoms with Crippen LogP contribution in [-0.4, -0.2) is 47.5 Å². The van der Waals surface area contributed by atoms with Gasteiger partial charge in [0.1, 0.15) is 5.52 Å². The third kappa shape index (κ3) is 3.25. The van der Waals surface area contributed by atoms with Gasteiger partial charge in [-0.15, -0.1) is 0 Å². The lowest BCUT2D eigenvalue weighted by Gasteiger charge is -2.14. The van der Waals surface area contributed by atoms with Crippen LogP contribution in [0.3, 0.4) is 0 Å². The van der Waals surface area contributed by atoms with Crippen molar-refractivity contribution in [1.82, 2.24) is 4.98 Å². The minimum absolute atomic E-state index is 0.0183. The summed E-state index contributed by atoms with van der Waals surface area (Å²) in [4.78, 5) is 15.1. The van der Waals surface area contributed by atoms with E-state index in [9.17, 15) is 4.79 Å². The van der Waals surface area contributed by atoms with E-state index in [0.717, 1.165) is 0 Å². The molecular weight excluding hydrogens is 264 g/mol. The summed E-state index contributed by atoms with van der Waals surface area (Å²) in [6, 6.07) is 4.63. The van der Waals surface area contributed by atoms with Crippen molar-refractivity contribution in [2.75, 3.05) is 25.6 Å². The molecule has 0 aliphatic carbocycles. The lowest BCUT2D eigenvalue weighted by atomic mass is 10.2. The zero-order valence-corrected chi connectivity index (χ0v) is 11.0. The largest absolute Gasteiger partial charge is 0.478 e. The van der Waals surface area contributed by atoms with E-state index in [1.165, 1.54) is 12.1 Å². The first-order valence-corrected chi connectivity index (χ1v) is 6.14. The Kier molecular flexibility index (Phi) is 4.54. The number of rotatable bonds is 7. The molecule has 2 aromatic rings. The maximum atomic E-state index is 10.9. The van der Waals surface area contributed by atoms with E-state index in [1.54, 1.807) is 13.2 Å². The van der Waals surface area contributed by atoms with Crippen LogP contribution in [0, 0.1) is 0 Å². The molecule has 0 saturated carbocycles. The zero-order valence-electron chi connectivity index (χ0n) is 11.0. The Morgan fingerprint density at radius 3 is 3.00 bits per heavy atom. The number of nitrogens with zero attached hydrogens (tertiary/aromatic N) is 1. The Morgan fingerprint density at radius 2 is 2.35 bits per heavy atom. The second kappa shape index (κ2) is 6.36. The fraction of sp³-hybridized carbons (Fsp3) is 0.385. The van der Waals surface area contributed by atoms with Gasteiger partial charge in [0.15, 0.2) is 5.58 Å². The summed E-state index contributed by atoms with van der Waals surface area (Å²) in [6.45, 7) is 0.421. The molecule has 1 atom stereocenters. The van der Waals surface area contributed by atoms with E-state index in [1.807, 2.05) is 0 Å². The van der Waals surface area contributed by atoms with Gasteiger partial charge in [0.25, 0.3) is 6.01 Å². The molecule has 0 fully saturated rings. The lowest BCUT2D eigenvalue weighted by Crippen LogP contribution is -2.26. The van der Waals surface area contributed by atoms with Gasteiger partial charge in [0.2, 0.25) is 0 Å². The molecule has 3 N–H and O–H groups in total. The highest BCUT2D eigenvalue weighted by Crippen LogP contribution is 2.21. The molecule has 0 aliphatic rings. The summed E-state index contributed by atoms with van der Waals surface area (Å²) >= 11 is 0. The first-order valence-electron chi connectivity index (χ1n) is 6.14. The van der Waals surface area contributed by atoms with E-state index in [4.69, 9.17) is 19.4 Å². The van der Waals surface area contributed by atoms with Crippen LogP contribution < -0.4 is 5.32 Å². The molecule has 0 amide bonds. The maximum Gasteiger partial charge on any atom is 0.335 e. The van der Waals surface area contributed by atoms with Crippen LogP contribution in [0.15, 0.2) is 22.6 Å². The monoisotopic (exact) mass is 280 g/mol. The van der Waals surface area contributed by atoms with Gasteiger partial charge in [-0.05, 0) is 24.6 Å². The van der Waals surface area contributed by atoms with E-state index in [-0.39, 0.29) is 24.2 Å². The van der Waals surface area contributed by atoms with Crippen LogP contribution in [0.2, 0.25) is 0 Å². The molecule has 0 saturated heterocycles. The third-order valence-electron chi connectivity index (χ3n) is 2.81. The summed E-state index contributed by atoms with van der Waals surface area (Å²) < 4.78 is 10.5. The number of fused-ring (bicyclic) bond motifs is 1. The summed E-state index contributed by atoms with van der Waals surface area (Å²) in [7, 11) is 1.57. The molecule has 0 radical (unpaired) electrons. The average Bonchev–Trinajstić information content (AvgIpc) is 2.80. The zero-order chi connectivity index (χ0) is 14.5. The Balaban J connectivity index is 2.20. The van der Waals surface area contributed by atoms with Crippen molar-refractivity contribution >= 4 is 23.1 Å². The van der Waals surface area contributed by atoms with Crippen molar-refractivity contribution < 1.29 is 24.2 Å². The quantitative estimate of drug-likeness (QED) is 0.702.